The minimum atomic E-state index is -6.21. The molecule has 0 fully saturated rings. The summed E-state index contributed by atoms with van der Waals surface area (Å²) in [5, 5.41) is 10.8. The summed E-state index contributed by atoms with van der Waals surface area (Å²) in [6.45, 7) is 0. The van der Waals surface area contributed by atoms with E-state index in [1.165, 1.54) is 0 Å². The minimum absolute atomic E-state index is 0.0158. The highest BCUT2D eigenvalue weighted by Gasteiger charge is 2.62. The summed E-state index contributed by atoms with van der Waals surface area (Å²) in [4.78, 5) is 0. The number of aryl methyl sites for hydroxylation is 1. The van der Waals surface area contributed by atoms with E-state index in [-0.39, 0.29) is 6.20 Å². The van der Waals surface area contributed by atoms with Gasteiger partial charge in [-0.2, -0.15) is 35.1 Å². The van der Waals surface area contributed by atoms with Crippen molar-refractivity contribution in [2.45, 2.75) is 18.3 Å². The molecule has 1 rings (SSSR count). The highest BCUT2D eigenvalue weighted by Crippen LogP contribution is 2.49. The van der Waals surface area contributed by atoms with Crippen molar-refractivity contribution >= 4 is 20.6 Å². The molecule has 0 aliphatic rings. The van der Waals surface area contributed by atoms with E-state index in [0.29, 0.717) is 4.57 Å². The molecule has 0 amide bonds. The van der Waals surface area contributed by atoms with E-state index in [0.717, 1.165) is 7.05 Å². The maximum absolute atomic E-state index is 13.3. The van der Waals surface area contributed by atoms with Crippen LogP contribution in [0.15, 0.2) is 11.4 Å². The highest BCUT2D eigenvalue weighted by molar-refractivity contribution is 9.18. The lowest BCUT2D eigenvalue weighted by molar-refractivity contribution is -0.291. The molecule has 0 saturated heterocycles. The second-order valence-corrected chi connectivity index (χ2v) is 4.59. The average Bonchev–Trinajstić information content (AvgIpc) is 2.64. The van der Waals surface area contributed by atoms with E-state index in [1.54, 1.807) is 0 Å². The summed E-state index contributed by atoms with van der Waals surface area (Å²) in [6.07, 6.45) is -11.8. The van der Waals surface area contributed by atoms with Crippen LogP contribution in [0.1, 0.15) is 16.8 Å². The third-order valence-corrected chi connectivity index (χ3v) is 2.98. The number of hydrogen-bond donors (Lipinski definition) is 1. The third-order valence-electron chi connectivity index (χ3n) is 2.44. The number of aromatic nitrogens is 1. The van der Waals surface area contributed by atoms with Gasteiger partial charge in [0.15, 0.2) is 4.62 Å². The van der Waals surface area contributed by atoms with Gasteiger partial charge in [-0.05, 0) is 15.9 Å². The number of halogens is 9. The Morgan fingerprint density at radius 2 is 1.62 bits per heavy atom. The van der Waals surface area contributed by atoms with Crippen molar-refractivity contribution in [3.05, 3.63) is 23.0 Å². The van der Waals surface area contributed by atoms with E-state index in [9.17, 15) is 35.1 Å². The first kappa shape index (κ1) is 17.7. The van der Waals surface area contributed by atoms with Crippen LogP contribution >= 0.6 is 15.9 Å². The van der Waals surface area contributed by atoms with Crippen LogP contribution in [0.4, 0.5) is 35.1 Å². The molecule has 0 spiro atoms. The van der Waals surface area contributed by atoms with Gasteiger partial charge in [-0.25, -0.2) is 0 Å². The van der Waals surface area contributed by atoms with Crippen LogP contribution in [0.3, 0.4) is 0 Å². The molecule has 0 bridgehead atoms. The zero-order valence-corrected chi connectivity index (χ0v) is 11.4. The average molecular weight is 389 g/mol. The minimum Gasteiger partial charge on any atom is -0.410 e. The van der Waals surface area contributed by atoms with Crippen molar-refractivity contribution in [3.63, 3.8) is 0 Å². The number of nitrogens with zero attached hydrogens (tertiary/aromatic N) is 2. The molecule has 1 heterocycles. The standard InChI is InChI=1S/C9H5BrF8N2O/c1-20-2-3(7(11,12)9(16,17)18)4(8(13,14)15)5(20)6(10)19-21/h2,21H,1H3. The first-order valence-corrected chi connectivity index (χ1v) is 5.64. The van der Waals surface area contributed by atoms with Crippen LogP contribution in [0.5, 0.6) is 0 Å². The van der Waals surface area contributed by atoms with E-state index < -0.39 is 39.7 Å². The van der Waals surface area contributed by atoms with Gasteiger partial charge < -0.3 is 9.77 Å². The monoisotopic (exact) mass is 388 g/mol. The Bertz CT molecular complexity index is 572. The highest BCUT2D eigenvalue weighted by atomic mass is 79.9. The zero-order chi connectivity index (χ0) is 16.8. The Labute approximate surface area is 120 Å². The second kappa shape index (κ2) is 5.14. The Balaban J connectivity index is 3.79. The van der Waals surface area contributed by atoms with Crippen molar-refractivity contribution in [2.24, 2.45) is 12.2 Å². The Kier molecular flexibility index (Phi) is 4.34. The largest absolute Gasteiger partial charge is 0.458 e. The maximum Gasteiger partial charge on any atom is 0.458 e. The smallest absolute Gasteiger partial charge is 0.410 e. The molecule has 0 saturated carbocycles. The molecule has 120 valence electrons. The molecule has 0 radical (unpaired) electrons. The van der Waals surface area contributed by atoms with Gasteiger partial charge in [0.1, 0.15) is 0 Å². The Morgan fingerprint density at radius 1 is 1.14 bits per heavy atom. The lowest BCUT2D eigenvalue weighted by Gasteiger charge is -2.21. The van der Waals surface area contributed by atoms with Gasteiger partial charge in [0.05, 0.1) is 16.8 Å². The van der Waals surface area contributed by atoms with Gasteiger partial charge in [-0.1, -0.05) is 5.16 Å². The van der Waals surface area contributed by atoms with Gasteiger partial charge in [0.2, 0.25) is 0 Å². The van der Waals surface area contributed by atoms with E-state index in [2.05, 4.69) is 21.1 Å². The zero-order valence-electron chi connectivity index (χ0n) is 9.82. The summed E-state index contributed by atoms with van der Waals surface area (Å²) < 4.78 is 101. The molecule has 1 aromatic rings. The van der Waals surface area contributed by atoms with E-state index >= 15 is 0 Å². The normalized spacial score (nSPS) is 14.7. The first-order valence-electron chi connectivity index (χ1n) is 4.84. The van der Waals surface area contributed by atoms with Crippen LogP contribution in [0.2, 0.25) is 0 Å². The summed E-state index contributed by atoms with van der Waals surface area (Å²) in [7, 11) is 0.799. The molecule has 0 atom stereocenters. The van der Waals surface area contributed by atoms with Crippen LogP contribution in [-0.2, 0) is 19.1 Å². The van der Waals surface area contributed by atoms with Gasteiger partial charge >= 0.3 is 18.3 Å². The van der Waals surface area contributed by atoms with Gasteiger partial charge in [-0.15, -0.1) is 0 Å². The third kappa shape index (κ3) is 2.99. The number of rotatable bonds is 2. The van der Waals surface area contributed by atoms with Crippen molar-refractivity contribution in [2.75, 3.05) is 0 Å². The van der Waals surface area contributed by atoms with Crippen molar-refractivity contribution in [3.8, 4) is 0 Å². The fourth-order valence-corrected chi connectivity index (χ4v) is 2.08. The molecular formula is C9H5BrF8N2O. The molecule has 3 nitrogen and oxygen atoms in total. The van der Waals surface area contributed by atoms with Crippen molar-refractivity contribution < 1.29 is 40.3 Å². The Morgan fingerprint density at radius 3 is 1.95 bits per heavy atom. The maximum atomic E-state index is 13.3. The molecule has 0 aliphatic heterocycles. The van der Waals surface area contributed by atoms with E-state index in [1.807, 2.05) is 0 Å². The van der Waals surface area contributed by atoms with Gasteiger partial charge in [0, 0.05) is 13.2 Å². The molecule has 0 aromatic carbocycles. The van der Waals surface area contributed by atoms with Crippen LogP contribution in [-0.4, -0.2) is 20.6 Å². The molecule has 1 aromatic heterocycles. The summed E-state index contributed by atoms with van der Waals surface area (Å²) >= 11 is 2.36. The SMILES string of the molecule is Cn1cc(C(F)(F)C(F)(F)F)c(C(F)(F)F)c1C(Br)=NO. The molecule has 1 N–H and O–H groups in total. The van der Waals surface area contributed by atoms with Crippen LogP contribution < -0.4 is 0 Å². The fraction of sp³-hybridized carbons (Fsp3) is 0.444. The van der Waals surface area contributed by atoms with Gasteiger partial charge in [0.25, 0.3) is 0 Å². The molecule has 0 unspecified atom stereocenters. The van der Waals surface area contributed by atoms with Crippen LogP contribution in [0, 0.1) is 0 Å². The number of alkyl halides is 8. The topological polar surface area (TPSA) is 37.5 Å². The number of hydrogen-bond acceptors (Lipinski definition) is 2. The Hall–Kier alpha value is -1.33. The fourth-order valence-electron chi connectivity index (χ4n) is 1.60. The van der Waals surface area contributed by atoms with E-state index in [4.69, 9.17) is 5.21 Å². The quantitative estimate of drug-likeness (QED) is 0.350. The second-order valence-electron chi connectivity index (χ2n) is 3.84. The summed E-state index contributed by atoms with van der Waals surface area (Å²) in [5.41, 5.74) is -5.68. The molecule has 0 aliphatic carbocycles. The number of oxime groups is 1. The predicted molar refractivity (Wildman–Crippen MR) is 57.6 cm³/mol. The summed E-state index contributed by atoms with van der Waals surface area (Å²) in [5.74, 6) is -5.73. The first-order chi connectivity index (χ1) is 9.25. The lowest BCUT2D eigenvalue weighted by atomic mass is 10.0. The lowest BCUT2D eigenvalue weighted by Crippen LogP contribution is -2.35. The summed E-state index contributed by atoms with van der Waals surface area (Å²) in [6, 6.07) is 0. The molecular weight excluding hydrogens is 384 g/mol. The van der Waals surface area contributed by atoms with Crippen molar-refractivity contribution in [1.29, 1.82) is 0 Å². The van der Waals surface area contributed by atoms with Crippen LogP contribution in [0.25, 0.3) is 0 Å². The van der Waals surface area contributed by atoms with Gasteiger partial charge in [-0.3, -0.25) is 0 Å². The molecule has 12 heteroatoms. The predicted octanol–water partition coefficient (Wildman–Crippen LogP) is 4.23. The van der Waals surface area contributed by atoms with Crippen molar-refractivity contribution in [1.82, 2.24) is 4.57 Å². The molecule has 21 heavy (non-hydrogen) atoms.